The first-order valence-electron chi connectivity index (χ1n) is 5.24. The highest BCUT2D eigenvalue weighted by molar-refractivity contribution is 7.97. The molecule has 1 saturated heterocycles. The number of hydrogen-bond donors (Lipinski definition) is 1. The quantitative estimate of drug-likeness (QED) is 0.705. The predicted molar refractivity (Wildman–Crippen MR) is 62.1 cm³/mol. The summed E-state index contributed by atoms with van der Waals surface area (Å²) in [4.78, 5) is 1.47. The van der Waals surface area contributed by atoms with Crippen LogP contribution in [0.1, 0.15) is 24.8 Å². The molecule has 2 heteroatoms. The molecule has 1 aromatic rings. The maximum absolute atomic E-state index is 9.34. The number of phenols is 1. The summed E-state index contributed by atoms with van der Waals surface area (Å²) in [6, 6.07) is 5.82. The summed E-state index contributed by atoms with van der Waals surface area (Å²) >= 11 is 0. The standard InChI is InChI=1S/C12H16OS/c1-10-9-11(13)5-6-12(10)14-7-3-2-4-8-14/h5-6,9H,2-4,7-8H2,1H3/p+1. The maximum Gasteiger partial charge on any atom is 0.158 e. The number of aromatic hydroxyl groups is 1. The number of benzene rings is 1. The van der Waals surface area contributed by atoms with Crippen molar-refractivity contribution in [2.75, 3.05) is 11.5 Å². The van der Waals surface area contributed by atoms with E-state index in [1.54, 1.807) is 0 Å². The molecule has 1 fully saturated rings. The third-order valence-electron chi connectivity index (χ3n) is 2.75. The normalized spacial score (nSPS) is 18.4. The summed E-state index contributed by atoms with van der Waals surface area (Å²) in [5, 5.41) is 9.34. The number of hydrogen-bond acceptors (Lipinski definition) is 1. The zero-order valence-electron chi connectivity index (χ0n) is 8.62. The SMILES string of the molecule is Cc1cc(O)ccc1[S+]1CCCCC1. The van der Waals surface area contributed by atoms with Crippen LogP contribution < -0.4 is 0 Å². The first-order valence-corrected chi connectivity index (χ1v) is 6.81. The Hall–Kier alpha value is -0.630. The molecular weight excluding hydrogens is 192 g/mol. The van der Waals surface area contributed by atoms with Gasteiger partial charge in [-0.2, -0.15) is 0 Å². The Bertz CT molecular complexity index is 316. The minimum absolute atomic E-state index is 0.395. The second kappa shape index (κ2) is 4.26. The maximum atomic E-state index is 9.34. The summed E-state index contributed by atoms with van der Waals surface area (Å²) in [5.74, 6) is 3.10. The van der Waals surface area contributed by atoms with E-state index in [0.29, 0.717) is 16.6 Å². The van der Waals surface area contributed by atoms with E-state index in [1.165, 1.54) is 41.2 Å². The lowest BCUT2D eigenvalue weighted by Gasteiger charge is -2.14. The Kier molecular flexibility index (Phi) is 3.02. The smallest absolute Gasteiger partial charge is 0.158 e. The molecule has 0 spiro atoms. The first-order chi connectivity index (χ1) is 6.77. The predicted octanol–water partition coefficient (Wildman–Crippen LogP) is 2.86. The van der Waals surface area contributed by atoms with Crippen LogP contribution in [-0.2, 0) is 10.9 Å². The van der Waals surface area contributed by atoms with Gasteiger partial charge in [-0.1, -0.05) is 0 Å². The van der Waals surface area contributed by atoms with Gasteiger partial charge in [0.2, 0.25) is 0 Å². The van der Waals surface area contributed by atoms with Crippen molar-refractivity contribution < 1.29 is 5.11 Å². The van der Waals surface area contributed by atoms with Gasteiger partial charge in [0.1, 0.15) is 17.3 Å². The topological polar surface area (TPSA) is 20.2 Å². The molecule has 2 rings (SSSR count). The Morgan fingerprint density at radius 3 is 2.50 bits per heavy atom. The molecule has 0 saturated carbocycles. The van der Waals surface area contributed by atoms with Crippen molar-refractivity contribution in [3.63, 3.8) is 0 Å². The summed E-state index contributed by atoms with van der Waals surface area (Å²) < 4.78 is 0. The van der Waals surface area contributed by atoms with Gasteiger partial charge >= 0.3 is 0 Å². The molecule has 0 aromatic heterocycles. The fraction of sp³-hybridized carbons (Fsp3) is 0.500. The van der Waals surface area contributed by atoms with Crippen LogP contribution in [0.25, 0.3) is 0 Å². The molecule has 1 N–H and O–H groups in total. The van der Waals surface area contributed by atoms with Crippen LogP contribution in [0.3, 0.4) is 0 Å². The minimum Gasteiger partial charge on any atom is -0.508 e. The fourth-order valence-electron chi connectivity index (χ4n) is 2.01. The van der Waals surface area contributed by atoms with Gasteiger partial charge in [0.25, 0.3) is 0 Å². The van der Waals surface area contributed by atoms with Gasteiger partial charge in [-0.25, -0.2) is 0 Å². The van der Waals surface area contributed by atoms with E-state index in [4.69, 9.17) is 0 Å². The lowest BCUT2D eigenvalue weighted by atomic mass is 10.2. The number of phenolic OH excluding ortho intramolecular Hbond substituents is 1. The van der Waals surface area contributed by atoms with Crippen LogP contribution in [0.4, 0.5) is 0 Å². The molecule has 1 heterocycles. The Labute approximate surface area is 88.5 Å². The molecule has 0 atom stereocenters. The summed E-state index contributed by atoms with van der Waals surface area (Å²) in [6.45, 7) is 2.11. The lowest BCUT2D eigenvalue weighted by Crippen LogP contribution is -2.18. The van der Waals surface area contributed by atoms with Crippen LogP contribution in [0.15, 0.2) is 23.1 Å². The molecule has 0 bridgehead atoms. The molecule has 1 aliphatic rings. The van der Waals surface area contributed by atoms with Crippen molar-refractivity contribution in [1.29, 1.82) is 0 Å². The summed E-state index contributed by atoms with van der Waals surface area (Å²) in [6.07, 6.45) is 4.16. The average molecular weight is 209 g/mol. The van der Waals surface area contributed by atoms with E-state index >= 15 is 0 Å². The van der Waals surface area contributed by atoms with E-state index in [1.807, 2.05) is 12.1 Å². The Morgan fingerprint density at radius 2 is 1.86 bits per heavy atom. The zero-order valence-corrected chi connectivity index (χ0v) is 9.44. The van der Waals surface area contributed by atoms with Crippen molar-refractivity contribution in [2.45, 2.75) is 31.1 Å². The molecule has 0 radical (unpaired) electrons. The highest BCUT2D eigenvalue weighted by atomic mass is 32.2. The molecule has 0 aliphatic carbocycles. The molecule has 0 unspecified atom stereocenters. The van der Waals surface area contributed by atoms with Gasteiger partial charge in [0.05, 0.1) is 0 Å². The van der Waals surface area contributed by atoms with Gasteiger partial charge in [0.15, 0.2) is 4.90 Å². The summed E-state index contributed by atoms with van der Waals surface area (Å²) in [7, 11) is 0.461. The largest absolute Gasteiger partial charge is 0.508 e. The monoisotopic (exact) mass is 209 g/mol. The average Bonchev–Trinajstić information content (AvgIpc) is 2.19. The van der Waals surface area contributed by atoms with E-state index in [9.17, 15) is 5.11 Å². The number of aryl methyl sites for hydroxylation is 1. The Balaban J connectivity index is 2.22. The van der Waals surface area contributed by atoms with Crippen molar-refractivity contribution >= 4 is 10.9 Å². The molecule has 1 aromatic carbocycles. The van der Waals surface area contributed by atoms with Gasteiger partial charge in [-0.15, -0.1) is 0 Å². The summed E-state index contributed by atoms with van der Waals surface area (Å²) in [5.41, 5.74) is 1.26. The van der Waals surface area contributed by atoms with E-state index in [0.717, 1.165) is 0 Å². The van der Waals surface area contributed by atoms with Crippen molar-refractivity contribution in [3.05, 3.63) is 23.8 Å². The van der Waals surface area contributed by atoms with E-state index < -0.39 is 0 Å². The van der Waals surface area contributed by atoms with E-state index in [-0.39, 0.29) is 0 Å². The van der Waals surface area contributed by atoms with Gasteiger partial charge in [-0.05, 0) is 44.4 Å². The van der Waals surface area contributed by atoms with Crippen LogP contribution in [0, 0.1) is 6.92 Å². The Morgan fingerprint density at radius 1 is 1.14 bits per heavy atom. The molecular formula is C12H17OS+. The molecule has 1 aliphatic heterocycles. The molecule has 14 heavy (non-hydrogen) atoms. The van der Waals surface area contributed by atoms with Crippen LogP contribution in [-0.4, -0.2) is 16.6 Å². The minimum atomic E-state index is 0.395. The second-order valence-corrected chi connectivity index (χ2v) is 6.15. The third kappa shape index (κ3) is 2.06. The van der Waals surface area contributed by atoms with E-state index in [2.05, 4.69) is 13.0 Å². The van der Waals surface area contributed by atoms with Crippen LogP contribution >= 0.6 is 0 Å². The lowest BCUT2D eigenvalue weighted by molar-refractivity contribution is 0.474. The van der Waals surface area contributed by atoms with Crippen molar-refractivity contribution in [1.82, 2.24) is 0 Å². The van der Waals surface area contributed by atoms with Crippen LogP contribution in [0.5, 0.6) is 5.75 Å². The van der Waals surface area contributed by atoms with Crippen molar-refractivity contribution in [3.8, 4) is 5.75 Å². The highest BCUT2D eigenvalue weighted by Crippen LogP contribution is 2.27. The first kappa shape index (κ1) is 9.91. The van der Waals surface area contributed by atoms with Gasteiger partial charge in [-0.3, -0.25) is 0 Å². The zero-order chi connectivity index (χ0) is 9.97. The van der Waals surface area contributed by atoms with Crippen molar-refractivity contribution in [2.24, 2.45) is 0 Å². The van der Waals surface area contributed by atoms with Gasteiger partial charge in [0, 0.05) is 16.5 Å². The van der Waals surface area contributed by atoms with Gasteiger partial charge < -0.3 is 5.11 Å². The number of rotatable bonds is 1. The second-order valence-electron chi connectivity index (χ2n) is 3.91. The molecule has 1 nitrogen and oxygen atoms in total. The fourth-order valence-corrected chi connectivity index (χ4v) is 4.53. The molecule has 0 amide bonds. The van der Waals surface area contributed by atoms with Crippen LogP contribution in [0.2, 0.25) is 0 Å². The highest BCUT2D eigenvalue weighted by Gasteiger charge is 2.26. The third-order valence-corrected chi connectivity index (χ3v) is 5.39. The molecule has 76 valence electrons.